The number of allylic oxidation sites excluding steroid dienone is 1. The normalized spacial score (nSPS) is 11.5. The van der Waals surface area contributed by atoms with E-state index in [1.807, 2.05) is 42.8 Å². The highest BCUT2D eigenvalue weighted by molar-refractivity contribution is 6.32. The number of fused-ring (bicyclic) bond motifs is 1. The molecule has 0 saturated carbocycles. The summed E-state index contributed by atoms with van der Waals surface area (Å²) in [7, 11) is 1.87. The number of hydrogen-bond acceptors (Lipinski definition) is 4. The molecule has 0 aliphatic heterocycles. The lowest BCUT2D eigenvalue weighted by Gasteiger charge is -2.09. The van der Waals surface area contributed by atoms with E-state index in [4.69, 9.17) is 16.3 Å². The second-order valence-corrected chi connectivity index (χ2v) is 5.84. The van der Waals surface area contributed by atoms with Gasteiger partial charge < -0.3 is 14.4 Å². The van der Waals surface area contributed by atoms with Gasteiger partial charge in [0, 0.05) is 7.05 Å². The number of phenols is 1. The van der Waals surface area contributed by atoms with Crippen molar-refractivity contribution in [2.45, 2.75) is 6.92 Å². The second-order valence-electron chi connectivity index (χ2n) is 5.44. The van der Waals surface area contributed by atoms with E-state index >= 15 is 0 Å². The smallest absolute Gasteiger partial charge is 0.176 e. The van der Waals surface area contributed by atoms with Crippen LogP contribution in [0.2, 0.25) is 5.02 Å². The molecule has 0 fully saturated rings. The lowest BCUT2D eigenvalue weighted by molar-refractivity contribution is 0.318. The zero-order valence-corrected chi connectivity index (χ0v) is 14.6. The Morgan fingerprint density at radius 3 is 2.84 bits per heavy atom. The van der Waals surface area contributed by atoms with Gasteiger partial charge in [-0.05, 0) is 42.8 Å². The lowest BCUT2D eigenvalue weighted by atomic mass is 10.1. The molecule has 25 heavy (non-hydrogen) atoms. The molecule has 6 heteroatoms. The first kappa shape index (κ1) is 16.9. The van der Waals surface area contributed by atoms with Gasteiger partial charge in [0.15, 0.2) is 17.3 Å². The molecule has 126 valence electrons. The van der Waals surface area contributed by atoms with E-state index in [1.165, 1.54) is 0 Å². The standard InChI is InChI=1S/C19H16ClN3O2/c1-3-25-17-10-12(9-14(20)18(17)24)8-13(11-21)19-22-15-6-4-5-7-16(15)23(19)2/h4-10,24H,3H2,1-2H3/b13-8+. The first-order valence-corrected chi connectivity index (χ1v) is 8.12. The van der Waals surface area contributed by atoms with E-state index in [9.17, 15) is 10.4 Å². The Hall–Kier alpha value is -2.97. The number of imidazole rings is 1. The molecule has 1 aromatic heterocycles. The molecule has 1 N–H and O–H groups in total. The quantitative estimate of drug-likeness (QED) is 0.706. The molecule has 0 saturated heterocycles. The maximum Gasteiger partial charge on any atom is 0.176 e. The number of aryl methyl sites for hydroxylation is 1. The molecule has 0 amide bonds. The summed E-state index contributed by atoms with van der Waals surface area (Å²) >= 11 is 6.06. The number of halogens is 1. The molecular weight excluding hydrogens is 338 g/mol. The molecular formula is C19H16ClN3O2. The fraction of sp³-hybridized carbons (Fsp3) is 0.158. The van der Waals surface area contributed by atoms with Gasteiger partial charge in [-0.25, -0.2) is 4.98 Å². The fourth-order valence-corrected chi connectivity index (χ4v) is 2.86. The third-order valence-corrected chi connectivity index (χ3v) is 4.10. The molecule has 2 aromatic carbocycles. The van der Waals surface area contributed by atoms with E-state index in [0.717, 1.165) is 11.0 Å². The first-order valence-electron chi connectivity index (χ1n) is 7.74. The summed E-state index contributed by atoms with van der Waals surface area (Å²) in [4.78, 5) is 4.54. The SMILES string of the molecule is CCOc1cc(/C=C(\C#N)c2nc3ccccc3n2C)cc(Cl)c1O. The van der Waals surface area contributed by atoms with Crippen LogP contribution in [0.3, 0.4) is 0 Å². The molecule has 0 aliphatic rings. The number of ether oxygens (including phenoxy) is 1. The van der Waals surface area contributed by atoms with Crippen molar-refractivity contribution >= 4 is 34.3 Å². The Morgan fingerprint density at radius 2 is 2.16 bits per heavy atom. The van der Waals surface area contributed by atoms with Gasteiger partial charge in [0.1, 0.15) is 6.07 Å². The van der Waals surface area contributed by atoms with Crippen LogP contribution in [-0.4, -0.2) is 21.3 Å². The molecule has 5 nitrogen and oxygen atoms in total. The Balaban J connectivity index is 2.12. The van der Waals surface area contributed by atoms with Gasteiger partial charge in [0.2, 0.25) is 0 Å². The minimum Gasteiger partial charge on any atom is -0.503 e. The summed E-state index contributed by atoms with van der Waals surface area (Å²) in [6, 6.07) is 13.1. The molecule has 0 unspecified atom stereocenters. The number of benzene rings is 2. The number of rotatable bonds is 4. The number of aromatic nitrogens is 2. The Bertz CT molecular complexity index is 1020. The van der Waals surface area contributed by atoms with Crippen LogP contribution in [0.5, 0.6) is 11.5 Å². The summed E-state index contributed by atoms with van der Waals surface area (Å²) in [6.07, 6.45) is 1.68. The van der Waals surface area contributed by atoms with Crippen molar-refractivity contribution in [2.24, 2.45) is 7.05 Å². The highest BCUT2D eigenvalue weighted by Crippen LogP contribution is 2.36. The highest BCUT2D eigenvalue weighted by atomic mass is 35.5. The van der Waals surface area contributed by atoms with E-state index < -0.39 is 0 Å². The molecule has 3 rings (SSSR count). The third kappa shape index (κ3) is 3.17. The minimum atomic E-state index is -0.109. The summed E-state index contributed by atoms with van der Waals surface area (Å²) in [6.45, 7) is 2.21. The van der Waals surface area contributed by atoms with Crippen LogP contribution in [0.15, 0.2) is 36.4 Å². The van der Waals surface area contributed by atoms with Crippen LogP contribution in [0.1, 0.15) is 18.3 Å². The van der Waals surface area contributed by atoms with Gasteiger partial charge in [-0.3, -0.25) is 0 Å². The van der Waals surface area contributed by atoms with Crippen molar-refractivity contribution in [2.75, 3.05) is 6.61 Å². The summed E-state index contributed by atoms with van der Waals surface area (Å²) < 4.78 is 7.25. The monoisotopic (exact) mass is 353 g/mol. The van der Waals surface area contributed by atoms with Crippen molar-refractivity contribution in [1.82, 2.24) is 9.55 Å². The van der Waals surface area contributed by atoms with E-state index in [0.29, 0.717) is 23.6 Å². The largest absolute Gasteiger partial charge is 0.503 e. The predicted octanol–water partition coefficient (Wildman–Crippen LogP) is 4.40. The maximum atomic E-state index is 9.94. The molecule has 3 aromatic rings. The summed E-state index contributed by atoms with van der Waals surface area (Å²) in [5.74, 6) is 0.733. The van der Waals surface area contributed by atoms with E-state index in [1.54, 1.807) is 18.2 Å². The van der Waals surface area contributed by atoms with Crippen LogP contribution in [0.25, 0.3) is 22.7 Å². The van der Waals surface area contributed by atoms with E-state index in [2.05, 4.69) is 11.1 Å². The number of hydrogen-bond donors (Lipinski definition) is 1. The van der Waals surface area contributed by atoms with Crippen LogP contribution < -0.4 is 4.74 Å². The summed E-state index contributed by atoms with van der Waals surface area (Å²) in [5.41, 5.74) is 2.80. The Morgan fingerprint density at radius 1 is 1.40 bits per heavy atom. The zero-order valence-electron chi connectivity index (χ0n) is 13.8. The van der Waals surface area contributed by atoms with Crippen LogP contribution >= 0.6 is 11.6 Å². The van der Waals surface area contributed by atoms with E-state index in [-0.39, 0.29) is 16.5 Å². The highest BCUT2D eigenvalue weighted by Gasteiger charge is 2.14. The number of para-hydroxylation sites is 2. The zero-order chi connectivity index (χ0) is 18.0. The van der Waals surface area contributed by atoms with Crippen molar-refractivity contribution < 1.29 is 9.84 Å². The average molecular weight is 354 g/mol. The molecule has 0 bridgehead atoms. The van der Waals surface area contributed by atoms with Gasteiger partial charge in [0.05, 0.1) is 28.2 Å². The Kier molecular flexibility index (Phi) is 4.64. The number of aromatic hydroxyl groups is 1. The number of phenolic OH excluding ortho intramolecular Hbond substituents is 1. The minimum absolute atomic E-state index is 0.109. The van der Waals surface area contributed by atoms with Gasteiger partial charge in [-0.15, -0.1) is 0 Å². The van der Waals surface area contributed by atoms with Crippen molar-refractivity contribution in [1.29, 1.82) is 5.26 Å². The average Bonchev–Trinajstić information content (AvgIpc) is 2.94. The number of nitriles is 1. The van der Waals surface area contributed by atoms with Crippen LogP contribution in [0.4, 0.5) is 0 Å². The topological polar surface area (TPSA) is 71.1 Å². The van der Waals surface area contributed by atoms with Crippen molar-refractivity contribution in [3.63, 3.8) is 0 Å². The van der Waals surface area contributed by atoms with Gasteiger partial charge in [-0.2, -0.15) is 5.26 Å². The van der Waals surface area contributed by atoms with Gasteiger partial charge in [-0.1, -0.05) is 23.7 Å². The molecule has 0 atom stereocenters. The first-order chi connectivity index (χ1) is 12.0. The third-order valence-electron chi connectivity index (χ3n) is 3.81. The van der Waals surface area contributed by atoms with Gasteiger partial charge >= 0.3 is 0 Å². The lowest BCUT2D eigenvalue weighted by Crippen LogP contribution is -1.96. The Labute approximate surface area is 150 Å². The van der Waals surface area contributed by atoms with Gasteiger partial charge in [0.25, 0.3) is 0 Å². The molecule has 0 aliphatic carbocycles. The summed E-state index contributed by atoms with van der Waals surface area (Å²) in [5, 5.41) is 19.7. The van der Waals surface area contributed by atoms with Crippen LogP contribution in [-0.2, 0) is 7.05 Å². The number of nitrogens with zero attached hydrogens (tertiary/aromatic N) is 3. The van der Waals surface area contributed by atoms with Crippen LogP contribution in [0, 0.1) is 11.3 Å². The van der Waals surface area contributed by atoms with Crippen molar-refractivity contribution in [3.05, 3.63) is 52.8 Å². The van der Waals surface area contributed by atoms with Crippen molar-refractivity contribution in [3.8, 4) is 17.6 Å². The maximum absolute atomic E-state index is 9.94. The second kappa shape index (κ2) is 6.88. The fourth-order valence-electron chi connectivity index (χ4n) is 2.64. The molecule has 1 heterocycles. The predicted molar refractivity (Wildman–Crippen MR) is 98.5 cm³/mol. The molecule has 0 radical (unpaired) electrons. The molecule has 0 spiro atoms.